The average molecular weight is 265 g/mol. The van der Waals surface area contributed by atoms with Crippen molar-refractivity contribution in [1.82, 2.24) is 25.0 Å². The first-order valence-corrected chi connectivity index (χ1v) is 5.84. The van der Waals surface area contributed by atoms with Crippen LogP contribution in [0.2, 0.25) is 0 Å². The minimum Gasteiger partial charge on any atom is -0.321 e. The number of carbonyl (C=O) groups excluding carboxylic acids is 3. The second-order valence-corrected chi connectivity index (χ2v) is 4.95. The van der Waals surface area contributed by atoms with Crippen LogP contribution in [0.4, 0.5) is 4.79 Å². The highest BCUT2D eigenvalue weighted by molar-refractivity contribution is 6.18. The van der Waals surface area contributed by atoms with Crippen molar-refractivity contribution in [3.8, 4) is 0 Å². The minimum atomic E-state index is -1.23. The number of aryl methyl sites for hydroxylation is 1. The maximum absolute atomic E-state index is 12.1. The van der Waals surface area contributed by atoms with Crippen molar-refractivity contribution in [3.05, 3.63) is 12.2 Å². The summed E-state index contributed by atoms with van der Waals surface area (Å²) in [6, 6.07) is -0.684. The molecule has 1 fully saturated rings. The Labute approximate surface area is 109 Å². The molecule has 19 heavy (non-hydrogen) atoms. The molecular weight excluding hydrogens is 250 g/mol. The standard InChI is InChI=1S/C11H15N5O3/c1-11(2)8(17)13-10(19)16(9(11)18)5-4-7-14-12-6-15(7)3/h6H,4-5H2,1-3H3,(H,13,17,19). The molecule has 1 aliphatic heterocycles. The van der Waals surface area contributed by atoms with Crippen molar-refractivity contribution in [2.75, 3.05) is 6.54 Å². The second kappa shape index (κ2) is 4.45. The molecule has 1 N–H and O–H groups in total. The van der Waals surface area contributed by atoms with Gasteiger partial charge >= 0.3 is 6.03 Å². The van der Waals surface area contributed by atoms with E-state index in [-0.39, 0.29) is 6.54 Å². The van der Waals surface area contributed by atoms with Crippen LogP contribution in [0.25, 0.3) is 0 Å². The Bertz CT molecular complexity index is 548. The van der Waals surface area contributed by atoms with Crippen molar-refractivity contribution in [3.63, 3.8) is 0 Å². The lowest BCUT2D eigenvalue weighted by Gasteiger charge is -2.34. The monoisotopic (exact) mass is 265 g/mol. The van der Waals surface area contributed by atoms with Gasteiger partial charge in [-0.05, 0) is 13.8 Å². The van der Waals surface area contributed by atoms with Crippen LogP contribution < -0.4 is 5.32 Å². The zero-order valence-corrected chi connectivity index (χ0v) is 11.0. The van der Waals surface area contributed by atoms with E-state index in [1.54, 1.807) is 17.9 Å². The van der Waals surface area contributed by atoms with Crippen LogP contribution in [0.3, 0.4) is 0 Å². The zero-order chi connectivity index (χ0) is 14.2. The molecular formula is C11H15N5O3. The number of aromatic nitrogens is 3. The summed E-state index contributed by atoms with van der Waals surface area (Å²) in [7, 11) is 1.78. The Morgan fingerprint density at radius 3 is 2.58 bits per heavy atom. The van der Waals surface area contributed by atoms with Gasteiger partial charge in [0.05, 0.1) is 0 Å². The van der Waals surface area contributed by atoms with Crippen LogP contribution >= 0.6 is 0 Å². The number of nitrogens with one attached hydrogen (secondary N) is 1. The molecule has 102 valence electrons. The molecule has 0 unspecified atom stereocenters. The van der Waals surface area contributed by atoms with Crippen LogP contribution in [0.1, 0.15) is 19.7 Å². The van der Waals surface area contributed by atoms with Gasteiger partial charge < -0.3 is 4.57 Å². The lowest BCUT2D eigenvalue weighted by atomic mass is 9.89. The first kappa shape index (κ1) is 13.2. The van der Waals surface area contributed by atoms with E-state index in [9.17, 15) is 14.4 Å². The van der Waals surface area contributed by atoms with Gasteiger partial charge in [-0.15, -0.1) is 10.2 Å². The van der Waals surface area contributed by atoms with Gasteiger partial charge in [0.25, 0.3) is 0 Å². The fourth-order valence-corrected chi connectivity index (χ4v) is 1.80. The topological polar surface area (TPSA) is 97.2 Å². The Balaban J connectivity index is 2.11. The first-order valence-electron chi connectivity index (χ1n) is 5.84. The molecule has 0 aromatic carbocycles. The lowest BCUT2D eigenvalue weighted by molar-refractivity contribution is -0.148. The predicted molar refractivity (Wildman–Crippen MR) is 63.7 cm³/mol. The summed E-state index contributed by atoms with van der Waals surface area (Å²) in [6.07, 6.45) is 1.93. The Hall–Kier alpha value is -2.25. The molecule has 0 saturated carbocycles. The van der Waals surface area contributed by atoms with Crippen LogP contribution in [0.5, 0.6) is 0 Å². The number of rotatable bonds is 3. The fraction of sp³-hybridized carbons (Fsp3) is 0.545. The number of carbonyl (C=O) groups is 3. The van der Waals surface area contributed by atoms with Crippen LogP contribution in [-0.2, 0) is 23.1 Å². The van der Waals surface area contributed by atoms with E-state index in [2.05, 4.69) is 15.5 Å². The van der Waals surface area contributed by atoms with Gasteiger partial charge in [0, 0.05) is 20.0 Å². The van der Waals surface area contributed by atoms with Gasteiger partial charge in [0.15, 0.2) is 0 Å². The molecule has 1 aromatic heterocycles. The molecule has 2 heterocycles. The summed E-state index contributed by atoms with van der Waals surface area (Å²) < 4.78 is 1.71. The van der Waals surface area contributed by atoms with Gasteiger partial charge in [-0.3, -0.25) is 19.8 Å². The lowest BCUT2D eigenvalue weighted by Crippen LogP contribution is -2.62. The second-order valence-electron chi connectivity index (χ2n) is 4.95. The van der Waals surface area contributed by atoms with E-state index < -0.39 is 23.3 Å². The largest absolute Gasteiger partial charge is 0.330 e. The molecule has 8 heteroatoms. The number of imide groups is 2. The molecule has 0 spiro atoms. The van der Waals surface area contributed by atoms with E-state index in [1.807, 2.05) is 0 Å². The first-order chi connectivity index (χ1) is 8.84. The maximum atomic E-state index is 12.1. The molecule has 2 rings (SSSR count). The summed E-state index contributed by atoms with van der Waals surface area (Å²) in [6.45, 7) is 3.15. The summed E-state index contributed by atoms with van der Waals surface area (Å²) in [5.41, 5.74) is -1.23. The molecule has 0 radical (unpaired) electrons. The fourth-order valence-electron chi connectivity index (χ4n) is 1.80. The quantitative estimate of drug-likeness (QED) is 0.740. The predicted octanol–water partition coefficient (Wildman–Crippen LogP) is -0.538. The highest BCUT2D eigenvalue weighted by Gasteiger charge is 2.46. The summed E-state index contributed by atoms with van der Waals surface area (Å²) >= 11 is 0. The van der Waals surface area contributed by atoms with E-state index in [4.69, 9.17) is 0 Å². The third-order valence-corrected chi connectivity index (χ3v) is 3.18. The Morgan fingerprint density at radius 1 is 1.32 bits per heavy atom. The third-order valence-electron chi connectivity index (χ3n) is 3.18. The zero-order valence-electron chi connectivity index (χ0n) is 11.0. The van der Waals surface area contributed by atoms with E-state index in [0.29, 0.717) is 12.2 Å². The summed E-state index contributed by atoms with van der Waals surface area (Å²) in [5, 5.41) is 9.78. The van der Waals surface area contributed by atoms with Crippen molar-refractivity contribution in [2.45, 2.75) is 20.3 Å². The molecule has 0 atom stereocenters. The van der Waals surface area contributed by atoms with Gasteiger partial charge in [0.1, 0.15) is 17.6 Å². The molecule has 8 nitrogen and oxygen atoms in total. The highest BCUT2D eigenvalue weighted by atomic mass is 16.2. The summed E-state index contributed by atoms with van der Waals surface area (Å²) in [5.74, 6) is -0.406. The van der Waals surface area contributed by atoms with E-state index in [0.717, 1.165) is 4.90 Å². The molecule has 1 saturated heterocycles. The normalized spacial score (nSPS) is 18.7. The van der Waals surface area contributed by atoms with Gasteiger partial charge in [-0.25, -0.2) is 4.79 Å². The van der Waals surface area contributed by atoms with Crippen molar-refractivity contribution >= 4 is 17.8 Å². The van der Waals surface area contributed by atoms with Crippen molar-refractivity contribution < 1.29 is 14.4 Å². The summed E-state index contributed by atoms with van der Waals surface area (Å²) in [4.78, 5) is 36.4. The molecule has 0 aliphatic carbocycles. The molecule has 1 aliphatic rings. The number of hydrogen-bond acceptors (Lipinski definition) is 5. The third kappa shape index (κ3) is 2.20. The Morgan fingerprint density at radius 2 is 2.00 bits per heavy atom. The molecule has 1 aromatic rings. The minimum absolute atomic E-state index is 0.161. The van der Waals surface area contributed by atoms with Crippen LogP contribution in [0.15, 0.2) is 6.33 Å². The van der Waals surface area contributed by atoms with Crippen LogP contribution in [0, 0.1) is 5.41 Å². The Kier molecular flexibility index (Phi) is 3.09. The van der Waals surface area contributed by atoms with Gasteiger partial charge in [-0.2, -0.15) is 0 Å². The van der Waals surface area contributed by atoms with E-state index >= 15 is 0 Å². The van der Waals surface area contributed by atoms with Crippen molar-refractivity contribution in [1.29, 1.82) is 0 Å². The smallest absolute Gasteiger partial charge is 0.321 e. The number of nitrogens with zero attached hydrogens (tertiary/aromatic N) is 4. The average Bonchev–Trinajstić information content (AvgIpc) is 2.73. The number of hydrogen-bond donors (Lipinski definition) is 1. The number of urea groups is 1. The molecule has 0 bridgehead atoms. The highest BCUT2D eigenvalue weighted by Crippen LogP contribution is 2.23. The SMILES string of the molecule is Cn1cnnc1CCN1C(=O)NC(=O)C(C)(C)C1=O. The van der Waals surface area contributed by atoms with Crippen LogP contribution in [-0.4, -0.2) is 44.1 Å². The van der Waals surface area contributed by atoms with E-state index in [1.165, 1.54) is 13.8 Å². The maximum Gasteiger partial charge on any atom is 0.330 e. The van der Waals surface area contributed by atoms with Crippen molar-refractivity contribution in [2.24, 2.45) is 12.5 Å². The number of amides is 4. The van der Waals surface area contributed by atoms with Gasteiger partial charge in [0.2, 0.25) is 11.8 Å². The number of barbiturate groups is 1. The molecule has 4 amide bonds. The van der Waals surface area contributed by atoms with Gasteiger partial charge in [-0.1, -0.05) is 0 Å².